The number of Topliss-reactive ketones (excluding diaryl/α,β-unsaturated/α-hetero) is 1. The van der Waals surface area contributed by atoms with E-state index >= 15 is 0 Å². The summed E-state index contributed by atoms with van der Waals surface area (Å²) in [6.07, 6.45) is 0.644. The predicted molar refractivity (Wildman–Crippen MR) is 82.1 cm³/mol. The van der Waals surface area contributed by atoms with Gasteiger partial charge in [-0.1, -0.05) is 20.8 Å². The molecule has 1 aromatic carbocycles. The van der Waals surface area contributed by atoms with Gasteiger partial charge < -0.3 is 9.84 Å². The third-order valence-electron chi connectivity index (χ3n) is 3.20. The van der Waals surface area contributed by atoms with Crippen LogP contribution in [0.5, 0.6) is 5.75 Å². The van der Waals surface area contributed by atoms with Crippen molar-refractivity contribution >= 4 is 11.8 Å². The molecule has 0 aliphatic carbocycles. The smallest absolute Gasteiger partial charge is 0.303 e. The van der Waals surface area contributed by atoms with E-state index in [-0.39, 0.29) is 24.0 Å². The Morgan fingerprint density at radius 3 is 2.38 bits per heavy atom. The molecule has 0 radical (unpaired) electrons. The molecular weight excluding hydrogens is 268 g/mol. The van der Waals surface area contributed by atoms with Crippen molar-refractivity contribution in [1.82, 2.24) is 0 Å². The molecule has 0 unspecified atom stereocenters. The summed E-state index contributed by atoms with van der Waals surface area (Å²) >= 11 is 0. The third kappa shape index (κ3) is 5.21. The predicted octanol–water partition coefficient (Wildman–Crippen LogP) is 3.82. The number of hydrogen-bond donors (Lipinski definition) is 1. The van der Waals surface area contributed by atoms with Crippen LogP contribution >= 0.6 is 0 Å². The van der Waals surface area contributed by atoms with Crippen LogP contribution in [0.25, 0.3) is 0 Å². The van der Waals surface area contributed by atoms with E-state index in [1.807, 2.05) is 19.1 Å². The molecule has 0 amide bonds. The molecule has 0 saturated carbocycles. The van der Waals surface area contributed by atoms with E-state index in [0.717, 1.165) is 11.3 Å². The Morgan fingerprint density at radius 1 is 1.19 bits per heavy atom. The van der Waals surface area contributed by atoms with Crippen molar-refractivity contribution in [3.63, 3.8) is 0 Å². The van der Waals surface area contributed by atoms with Crippen molar-refractivity contribution in [2.75, 3.05) is 6.61 Å². The Balaban J connectivity index is 2.94. The topological polar surface area (TPSA) is 63.6 Å². The highest BCUT2D eigenvalue weighted by atomic mass is 16.5. The Hall–Kier alpha value is -1.84. The lowest BCUT2D eigenvalue weighted by atomic mass is 9.84. The van der Waals surface area contributed by atoms with Crippen LogP contribution in [0, 0.1) is 0 Å². The number of carbonyl (C=O) groups is 2. The first-order chi connectivity index (χ1) is 9.75. The van der Waals surface area contributed by atoms with Gasteiger partial charge in [-0.2, -0.15) is 0 Å². The van der Waals surface area contributed by atoms with E-state index in [0.29, 0.717) is 18.6 Å². The van der Waals surface area contributed by atoms with Crippen molar-refractivity contribution in [1.29, 1.82) is 0 Å². The van der Waals surface area contributed by atoms with E-state index < -0.39 is 5.97 Å². The summed E-state index contributed by atoms with van der Waals surface area (Å²) in [6, 6.07) is 5.45. The molecule has 116 valence electrons. The van der Waals surface area contributed by atoms with E-state index in [9.17, 15) is 9.59 Å². The number of hydrogen-bond acceptors (Lipinski definition) is 3. The third-order valence-corrected chi connectivity index (χ3v) is 3.20. The van der Waals surface area contributed by atoms with Crippen LogP contribution < -0.4 is 4.74 Å². The van der Waals surface area contributed by atoms with Gasteiger partial charge in [0.25, 0.3) is 0 Å². The van der Waals surface area contributed by atoms with Crippen LogP contribution in [0.2, 0.25) is 0 Å². The van der Waals surface area contributed by atoms with Gasteiger partial charge in [0, 0.05) is 24.0 Å². The van der Waals surface area contributed by atoms with Gasteiger partial charge in [0.1, 0.15) is 5.75 Å². The average Bonchev–Trinajstić information content (AvgIpc) is 2.37. The first-order valence-electron chi connectivity index (χ1n) is 7.28. The molecule has 4 heteroatoms. The molecule has 0 fully saturated rings. The molecule has 0 atom stereocenters. The first kappa shape index (κ1) is 17.2. The highest BCUT2D eigenvalue weighted by Gasteiger charge is 2.21. The number of ether oxygens (including phenoxy) is 1. The van der Waals surface area contributed by atoms with Crippen molar-refractivity contribution in [2.45, 2.75) is 52.4 Å². The molecule has 1 aromatic rings. The number of carboxylic acid groups (broad SMARTS) is 1. The van der Waals surface area contributed by atoms with Crippen LogP contribution in [0.15, 0.2) is 18.2 Å². The van der Waals surface area contributed by atoms with Gasteiger partial charge in [-0.15, -0.1) is 0 Å². The molecule has 4 nitrogen and oxygen atoms in total. The second kappa shape index (κ2) is 7.25. The molecule has 0 aromatic heterocycles. The van der Waals surface area contributed by atoms with Crippen LogP contribution in [-0.4, -0.2) is 23.5 Å². The van der Waals surface area contributed by atoms with Crippen molar-refractivity contribution < 1.29 is 19.4 Å². The summed E-state index contributed by atoms with van der Waals surface area (Å²) in [5.41, 5.74) is 1.49. The minimum Gasteiger partial charge on any atom is -0.494 e. The van der Waals surface area contributed by atoms with Crippen molar-refractivity contribution in [2.24, 2.45) is 0 Å². The van der Waals surface area contributed by atoms with Gasteiger partial charge in [0.2, 0.25) is 0 Å². The summed E-state index contributed by atoms with van der Waals surface area (Å²) in [6.45, 7) is 8.73. The summed E-state index contributed by atoms with van der Waals surface area (Å²) in [7, 11) is 0. The molecule has 0 spiro atoms. The normalized spacial score (nSPS) is 11.2. The molecule has 0 aliphatic rings. The lowest BCUT2D eigenvalue weighted by Gasteiger charge is -2.23. The number of carboxylic acids is 1. The van der Waals surface area contributed by atoms with E-state index in [2.05, 4.69) is 20.8 Å². The lowest BCUT2D eigenvalue weighted by molar-refractivity contribution is -0.137. The fraction of sp³-hybridized carbons (Fsp3) is 0.529. The number of rotatable bonds is 7. The Kier molecular flexibility index (Phi) is 5.94. The molecule has 0 saturated heterocycles. The number of ketones is 1. The maximum absolute atomic E-state index is 12.1. The van der Waals surface area contributed by atoms with Gasteiger partial charge in [-0.3, -0.25) is 9.59 Å². The highest BCUT2D eigenvalue weighted by molar-refractivity contribution is 5.96. The maximum atomic E-state index is 12.1. The Bertz CT molecular complexity index is 512. The summed E-state index contributed by atoms with van der Waals surface area (Å²) in [5, 5.41) is 8.62. The fourth-order valence-electron chi connectivity index (χ4n) is 2.12. The van der Waals surface area contributed by atoms with Crippen molar-refractivity contribution in [3.8, 4) is 5.75 Å². The Morgan fingerprint density at radius 2 is 1.86 bits per heavy atom. The lowest BCUT2D eigenvalue weighted by Crippen LogP contribution is -2.15. The monoisotopic (exact) mass is 292 g/mol. The quantitative estimate of drug-likeness (QED) is 0.776. The SMILES string of the molecule is CCOc1ccc(C(=O)CCCC(=O)O)cc1C(C)(C)C. The molecule has 0 bridgehead atoms. The molecule has 21 heavy (non-hydrogen) atoms. The first-order valence-corrected chi connectivity index (χ1v) is 7.28. The standard InChI is InChI=1S/C17H24O4/c1-5-21-15-10-9-12(11-13(15)17(2,3)4)14(18)7-6-8-16(19)20/h9-11H,5-8H2,1-4H3,(H,19,20). The summed E-state index contributed by atoms with van der Waals surface area (Å²) in [4.78, 5) is 22.6. The van der Waals surface area contributed by atoms with Gasteiger partial charge in [-0.05, 0) is 37.0 Å². The van der Waals surface area contributed by atoms with Crippen LogP contribution in [-0.2, 0) is 10.2 Å². The van der Waals surface area contributed by atoms with Crippen LogP contribution in [0.3, 0.4) is 0 Å². The average molecular weight is 292 g/mol. The largest absolute Gasteiger partial charge is 0.494 e. The molecule has 0 aliphatic heterocycles. The zero-order chi connectivity index (χ0) is 16.0. The maximum Gasteiger partial charge on any atom is 0.303 e. The van der Waals surface area contributed by atoms with Gasteiger partial charge >= 0.3 is 5.97 Å². The highest BCUT2D eigenvalue weighted by Crippen LogP contribution is 2.32. The van der Waals surface area contributed by atoms with Crippen LogP contribution in [0.1, 0.15) is 62.9 Å². The van der Waals surface area contributed by atoms with E-state index in [4.69, 9.17) is 9.84 Å². The summed E-state index contributed by atoms with van der Waals surface area (Å²) < 4.78 is 5.62. The number of aliphatic carboxylic acids is 1. The zero-order valence-electron chi connectivity index (χ0n) is 13.2. The molecular formula is C17H24O4. The van der Waals surface area contributed by atoms with Crippen LogP contribution in [0.4, 0.5) is 0 Å². The molecule has 1 rings (SSSR count). The molecule has 0 heterocycles. The van der Waals surface area contributed by atoms with Crippen molar-refractivity contribution in [3.05, 3.63) is 29.3 Å². The second-order valence-corrected chi connectivity index (χ2v) is 6.06. The van der Waals surface area contributed by atoms with Gasteiger partial charge in [-0.25, -0.2) is 0 Å². The van der Waals surface area contributed by atoms with Gasteiger partial charge in [0.15, 0.2) is 5.78 Å². The zero-order valence-corrected chi connectivity index (χ0v) is 13.2. The Labute approximate surface area is 126 Å². The van der Waals surface area contributed by atoms with E-state index in [1.165, 1.54) is 0 Å². The van der Waals surface area contributed by atoms with E-state index in [1.54, 1.807) is 6.07 Å². The number of carbonyl (C=O) groups excluding carboxylic acids is 1. The van der Waals surface area contributed by atoms with Gasteiger partial charge in [0.05, 0.1) is 6.61 Å². The summed E-state index contributed by atoms with van der Waals surface area (Å²) in [5.74, 6) is -0.0956. The minimum atomic E-state index is -0.870. The molecule has 1 N–H and O–H groups in total. The number of benzene rings is 1. The fourth-order valence-corrected chi connectivity index (χ4v) is 2.12. The second-order valence-electron chi connectivity index (χ2n) is 6.06. The minimum absolute atomic E-state index is 0.0227.